The molecular weight excluding hydrogens is 664 g/mol. The molecule has 0 aliphatic carbocycles. The summed E-state index contributed by atoms with van der Waals surface area (Å²) in [5, 5.41) is 0. The van der Waals surface area contributed by atoms with E-state index in [0.717, 1.165) is 37.4 Å². The Morgan fingerprint density at radius 2 is 0.595 bits per heavy atom. The zero-order valence-electron chi connectivity index (χ0n) is 20.6. The molecule has 4 aromatic rings. The standard InChI is InChI=1S/4C8H5.C3H6.2Sb/c4*1-2-8-6-4-3-5-7-8;1-3-2;;/h4*3-7H;1-3H2;;. The normalized spacial score (nSPS) is 9.57. The topological polar surface area (TPSA) is 0 Å². The minimum absolute atomic E-state index is 1.07. The first-order valence-electron chi connectivity index (χ1n) is 12.2. The third-order valence-electron chi connectivity index (χ3n) is 5.20. The van der Waals surface area contributed by atoms with Gasteiger partial charge in [-0.1, -0.05) is 0 Å². The van der Waals surface area contributed by atoms with E-state index in [-0.39, 0.29) is 0 Å². The van der Waals surface area contributed by atoms with Gasteiger partial charge >= 0.3 is 238 Å². The van der Waals surface area contributed by atoms with Gasteiger partial charge < -0.3 is 0 Å². The Labute approximate surface area is 236 Å². The molecule has 0 spiro atoms. The van der Waals surface area contributed by atoms with Gasteiger partial charge in [-0.2, -0.15) is 0 Å². The summed E-state index contributed by atoms with van der Waals surface area (Å²) in [5.74, 6) is 13.6. The van der Waals surface area contributed by atoms with Crippen molar-refractivity contribution in [2.24, 2.45) is 0 Å². The van der Waals surface area contributed by atoms with Crippen molar-refractivity contribution in [1.29, 1.82) is 0 Å². The van der Waals surface area contributed by atoms with Gasteiger partial charge in [0.15, 0.2) is 0 Å². The van der Waals surface area contributed by atoms with Crippen LogP contribution in [0.4, 0.5) is 0 Å². The summed E-state index contributed by atoms with van der Waals surface area (Å²) in [5.41, 5.74) is 4.26. The molecule has 0 amide bonds. The van der Waals surface area contributed by atoms with Crippen molar-refractivity contribution < 1.29 is 0 Å². The molecule has 0 radical (unpaired) electrons. The summed E-state index contributed by atoms with van der Waals surface area (Å²) >= 11 is -4.18. The van der Waals surface area contributed by atoms with Crippen LogP contribution in [0.25, 0.3) is 0 Å². The molecule has 0 unspecified atom stereocenters. The second kappa shape index (κ2) is 15.8. The SMILES string of the molecule is C(#[C][Sb]([C]#Cc1ccccc1)[CH2]C[CH2][Sb]([C]#Cc1ccccc1)[C]#Cc1ccccc1)c1ccccc1. The third kappa shape index (κ3) is 10.3. The van der Waals surface area contributed by atoms with Crippen molar-refractivity contribution in [3.63, 3.8) is 0 Å². The third-order valence-corrected chi connectivity index (χ3v) is 13.9. The van der Waals surface area contributed by atoms with Crippen molar-refractivity contribution in [2.45, 2.75) is 15.2 Å². The Morgan fingerprint density at radius 3 is 0.838 bits per heavy atom. The van der Waals surface area contributed by atoms with Crippen molar-refractivity contribution in [3.8, 4) is 39.1 Å². The molecule has 0 N–H and O–H groups in total. The maximum absolute atomic E-state index is 3.60. The molecule has 0 aliphatic rings. The van der Waals surface area contributed by atoms with Crippen LogP contribution in [-0.2, 0) is 0 Å². The van der Waals surface area contributed by atoms with Crippen molar-refractivity contribution in [3.05, 3.63) is 144 Å². The quantitative estimate of drug-likeness (QED) is 0.165. The second-order valence-electron chi connectivity index (χ2n) is 8.07. The fourth-order valence-electron chi connectivity index (χ4n) is 3.28. The summed E-state index contributed by atoms with van der Waals surface area (Å²) in [6.07, 6.45) is 1.10. The summed E-state index contributed by atoms with van der Waals surface area (Å²) in [4.78, 5) is 0. The van der Waals surface area contributed by atoms with Crippen LogP contribution in [0.2, 0.25) is 8.73 Å². The summed E-state index contributed by atoms with van der Waals surface area (Å²) in [6, 6.07) is 41.0. The van der Waals surface area contributed by atoms with Gasteiger partial charge in [0.05, 0.1) is 0 Å². The van der Waals surface area contributed by atoms with E-state index in [0.29, 0.717) is 0 Å². The van der Waals surface area contributed by atoms with E-state index < -0.39 is 40.4 Å². The van der Waals surface area contributed by atoms with Gasteiger partial charge in [0, 0.05) is 0 Å². The van der Waals surface area contributed by atoms with E-state index in [1.54, 1.807) is 0 Å². The predicted octanol–water partition coefficient (Wildman–Crippen LogP) is 6.73. The molecular formula is C35H26Sb2. The molecule has 4 aromatic carbocycles. The fourth-order valence-corrected chi connectivity index (χ4v) is 12.8. The molecule has 37 heavy (non-hydrogen) atoms. The first kappa shape index (κ1) is 26.8. The maximum atomic E-state index is 3.60. The molecule has 0 aliphatic heterocycles. The van der Waals surface area contributed by atoms with E-state index in [1.807, 2.05) is 72.8 Å². The molecule has 0 fully saturated rings. The van der Waals surface area contributed by atoms with Crippen molar-refractivity contribution >= 4 is 40.4 Å². The zero-order valence-corrected chi connectivity index (χ0v) is 25.7. The summed E-state index contributed by atoms with van der Waals surface area (Å²) in [7, 11) is 0. The molecule has 4 rings (SSSR count). The van der Waals surface area contributed by atoms with Crippen LogP contribution in [0.15, 0.2) is 121 Å². The number of benzene rings is 4. The molecule has 0 atom stereocenters. The van der Waals surface area contributed by atoms with Gasteiger partial charge in [0.1, 0.15) is 0 Å². The van der Waals surface area contributed by atoms with Crippen LogP contribution in [0.5, 0.6) is 0 Å². The average Bonchev–Trinajstić information content (AvgIpc) is 2.97. The van der Waals surface area contributed by atoms with E-state index >= 15 is 0 Å². The first-order valence-corrected chi connectivity index (χ1v) is 20.9. The van der Waals surface area contributed by atoms with E-state index in [1.165, 1.54) is 0 Å². The van der Waals surface area contributed by atoms with E-state index in [2.05, 4.69) is 87.7 Å². The van der Waals surface area contributed by atoms with Crippen LogP contribution in [0.1, 0.15) is 28.7 Å². The average molecular weight is 690 g/mol. The Bertz CT molecular complexity index is 1260. The van der Waals surface area contributed by atoms with Crippen LogP contribution >= 0.6 is 0 Å². The molecule has 0 nitrogen and oxygen atoms in total. The van der Waals surface area contributed by atoms with Gasteiger partial charge in [-0.05, 0) is 0 Å². The van der Waals surface area contributed by atoms with Crippen molar-refractivity contribution in [1.82, 2.24) is 0 Å². The Balaban J connectivity index is 1.49. The first-order chi connectivity index (χ1) is 18.3. The van der Waals surface area contributed by atoms with E-state index in [4.69, 9.17) is 0 Å². The summed E-state index contributed by atoms with van der Waals surface area (Å²) in [6.45, 7) is 0. The number of rotatable bonds is 4. The fraction of sp³-hybridized carbons (Fsp3) is 0.0857. The van der Waals surface area contributed by atoms with Crippen LogP contribution in [0.3, 0.4) is 0 Å². The Kier molecular flexibility index (Phi) is 11.4. The van der Waals surface area contributed by atoms with Crippen LogP contribution < -0.4 is 0 Å². The molecule has 2 heteroatoms. The second-order valence-corrected chi connectivity index (χ2v) is 18.1. The van der Waals surface area contributed by atoms with Crippen LogP contribution in [0, 0.1) is 39.1 Å². The van der Waals surface area contributed by atoms with Crippen LogP contribution in [-0.4, -0.2) is 40.4 Å². The van der Waals surface area contributed by atoms with Gasteiger partial charge in [0.2, 0.25) is 0 Å². The molecule has 176 valence electrons. The minimum atomic E-state index is -2.09. The Morgan fingerprint density at radius 1 is 0.351 bits per heavy atom. The molecule has 0 saturated heterocycles. The van der Waals surface area contributed by atoms with Gasteiger partial charge in [-0.15, -0.1) is 0 Å². The molecule has 0 aromatic heterocycles. The monoisotopic (exact) mass is 688 g/mol. The molecule has 0 bridgehead atoms. The molecule has 0 saturated carbocycles. The molecule has 0 heterocycles. The zero-order chi connectivity index (χ0) is 25.4. The van der Waals surface area contributed by atoms with E-state index in [9.17, 15) is 0 Å². The van der Waals surface area contributed by atoms with Gasteiger partial charge in [-0.3, -0.25) is 0 Å². The Hall–Kier alpha value is -3.24. The van der Waals surface area contributed by atoms with Crippen molar-refractivity contribution in [2.75, 3.05) is 0 Å². The predicted molar refractivity (Wildman–Crippen MR) is 159 cm³/mol. The number of hydrogen-bond acceptors (Lipinski definition) is 0. The number of hydrogen-bond donors (Lipinski definition) is 0. The summed E-state index contributed by atoms with van der Waals surface area (Å²) < 4.78 is 16.6. The van der Waals surface area contributed by atoms with Gasteiger partial charge in [0.25, 0.3) is 0 Å². The van der Waals surface area contributed by atoms with Gasteiger partial charge in [-0.25, -0.2) is 0 Å².